The summed E-state index contributed by atoms with van der Waals surface area (Å²) in [5.74, 6) is -12.6. The van der Waals surface area contributed by atoms with Gasteiger partial charge >= 0.3 is 18.2 Å². The lowest BCUT2D eigenvalue weighted by Gasteiger charge is -2.16. The van der Waals surface area contributed by atoms with E-state index < -0.39 is 68.6 Å². The van der Waals surface area contributed by atoms with Crippen LogP contribution in [0.5, 0.6) is 5.75 Å². The Morgan fingerprint density at radius 2 is 1.66 bits per heavy atom. The zero-order valence-corrected chi connectivity index (χ0v) is 18.6. The van der Waals surface area contributed by atoms with Gasteiger partial charge in [0.2, 0.25) is 5.41 Å². The first-order valence-electron chi connectivity index (χ1n) is 8.97. The molecule has 1 fully saturated rings. The fourth-order valence-electron chi connectivity index (χ4n) is 3.37. The van der Waals surface area contributed by atoms with Crippen LogP contribution < -0.4 is 4.74 Å². The number of hydrogen-bond donors (Lipinski definition) is 0. The Hall–Kier alpha value is -2.86. The Morgan fingerprint density at radius 1 is 1.14 bits per heavy atom. The molecule has 1 aromatic carbocycles. The van der Waals surface area contributed by atoms with Gasteiger partial charge in [0, 0.05) is 26.2 Å². The third-order valence-electron chi connectivity index (χ3n) is 4.86. The van der Waals surface area contributed by atoms with Crippen LogP contribution in [0.3, 0.4) is 0 Å². The van der Waals surface area contributed by atoms with Gasteiger partial charge in [-0.25, -0.2) is 18.5 Å². The maximum Gasteiger partial charge on any atom is 0.573 e. The molecule has 0 unspecified atom stereocenters. The first kappa shape index (κ1) is 26.7. The highest BCUT2D eigenvalue weighted by atomic mass is 35.5. The lowest BCUT2D eigenvalue weighted by Crippen LogP contribution is -2.29. The van der Waals surface area contributed by atoms with E-state index in [0.717, 1.165) is 11.2 Å². The predicted molar refractivity (Wildman–Crippen MR) is 104 cm³/mol. The van der Waals surface area contributed by atoms with Gasteiger partial charge in [-0.1, -0.05) is 23.2 Å². The summed E-state index contributed by atoms with van der Waals surface area (Å²) in [6.07, 6.45) is -8.72. The average Bonchev–Trinajstić information content (AvgIpc) is 2.91. The van der Waals surface area contributed by atoms with Crippen molar-refractivity contribution in [3.63, 3.8) is 0 Å². The van der Waals surface area contributed by atoms with Crippen molar-refractivity contribution in [2.75, 3.05) is 14.1 Å². The molecule has 35 heavy (non-hydrogen) atoms. The number of hydrogen-bond acceptors (Lipinski definition) is 4. The minimum atomic E-state index is -5.30. The molecule has 2 aromatic rings. The summed E-state index contributed by atoms with van der Waals surface area (Å²) in [5.41, 5.74) is -7.98. The summed E-state index contributed by atoms with van der Waals surface area (Å²) in [4.78, 5) is 4.82. The maximum atomic E-state index is 14.2. The maximum absolute atomic E-state index is 14.2. The molecule has 6 nitrogen and oxygen atoms in total. The summed E-state index contributed by atoms with van der Waals surface area (Å²) in [5, 5.41) is 11.5. The average molecular weight is 554 g/mol. The Morgan fingerprint density at radius 3 is 2.03 bits per heavy atom. The molecule has 0 aliphatic heterocycles. The van der Waals surface area contributed by atoms with E-state index in [2.05, 4.69) is 14.8 Å². The van der Waals surface area contributed by atoms with Crippen molar-refractivity contribution in [1.29, 1.82) is 5.26 Å². The molecule has 190 valence electrons. The molecule has 1 aliphatic rings. The smallest absolute Gasteiger partial charge is 0.406 e. The minimum Gasteiger partial charge on any atom is -0.406 e. The molecule has 1 saturated carbocycles. The highest BCUT2D eigenvalue weighted by Crippen LogP contribution is 2.76. The van der Waals surface area contributed by atoms with Gasteiger partial charge in [-0.2, -0.15) is 27.9 Å². The summed E-state index contributed by atoms with van der Waals surface area (Å²) in [6, 6.07) is 2.32. The van der Waals surface area contributed by atoms with Crippen molar-refractivity contribution in [3.8, 4) is 17.5 Å². The molecule has 1 heterocycles. The van der Waals surface area contributed by atoms with E-state index in [1.54, 1.807) is 0 Å². The molecular formula is C18H10Cl2F9N5O. The summed E-state index contributed by atoms with van der Waals surface area (Å²) in [7, 11) is 2.70. The Bertz CT molecular complexity index is 1200. The van der Waals surface area contributed by atoms with Gasteiger partial charge in [-0.05, 0) is 0 Å². The number of ether oxygens (including phenoxy) is 1. The second kappa shape index (κ2) is 8.37. The normalized spacial score (nSPS) is 18.1. The van der Waals surface area contributed by atoms with Gasteiger partial charge in [0.25, 0.3) is 6.43 Å². The van der Waals surface area contributed by atoms with Gasteiger partial charge in [0.05, 0.1) is 21.9 Å². The van der Waals surface area contributed by atoms with Crippen molar-refractivity contribution >= 4 is 35.4 Å². The molecule has 0 amide bonds. The van der Waals surface area contributed by atoms with Gasteiger partial charge in [0.1, 0.15) is 17.5 Å². The third kappa shape index (κ3) is 3.92. The van der Waals surface area contributed by atoms with E-state index in [4.69, 9.17) is 23.2 Å². The van der Waals surface area contributed by atoms with Crippen LogP contribution in [0, 0.1) is 11.3 Å². The predicted octanol–water partition coefficient (Wildman–Crippen LogP) is 5.96. The molecule has 3 rings (SSSR count). The molecule has 0 bridgehead atoms. The number of aromatic nitrogens is 2. The second-order valence-electron chi connectivity index (χ2n) is 7.32. The van der Waals surface area contributed by atoms with Crippen molar-refractivity contribution in [2.45, 2.75) is 30.0 Å². The molecule has 1 aliphatic carbocycles. The second-order valence-corrected chi connectivity index (χ2v) is 8.13. The minimum absolute atomic E-state index is 0.338. The number of halogens is 11. The summed E-state index contributed by atoms with van der Waals surface area (Å²) in [6.45, 7) is 0. The molecule has 1 aromatic heterocycles. The highest BCUT2D eigenvalue weighted by molar-refractivity contribution is 6.38. The fraction of sp³-hybridized carbons (Fsp3) is 0.389. The van der Waals surface area contributed by atoms with Gasteiger partial charge in [0.15, 0.2) is 11.5 Å². The van der Waals surface area contributed by atoms with Gasteiger partial charge < -0.3 is 9.64 Å². The monoisotopic (exact) mass is 553 g/mol. The van der Waals surface area contributed by atoms with Crippen LogP contribution in [0.15, 0.2) is 17.1 Å². The zero-order chi connectivity index (χ0) is 26.7. The van der Waals surface area contributed by atoms with E-state index in [-0.39, 0.29) is 0 Å². The Kier molecular flexibility index (Phi) is 6.39. The van der Waals surface area contributed by atoms with Crippen molar-refractivity contribution < 1.29 is 44.3 Å². The van der Waals surface area contributed by atoms with Gasteiger partial charge in [-0.15, -0.1) is 13.2 Å². The first-order chi connectivity index (χ1) is 15.9. The van der Waals surface area contributed by atoms with Crippen molar-refractivity contribution in [2.24, 2.45) is 4.99 Å². The molecule has 0 atom stereocenters. The molecule has 0 radical (unpaired) electrons. The van der Waals surface area contributed by atoms with Crippen LogP contribution in [0.4, 0.5) is 45.3 Å². The molecule has 0 spiro atoms. The Balaban J connectivity index is 2.38. The van der Waals surface area contributed by atoms with E-state index >= 15 is 0 Å². The van der Waals surface area contributed by atoms with Crippen LogP contribution >= 0.6 is 23.2 Å². The lowest BCUT2D eigenvalue weighted by molar-refractivity contribution is -0.274. The highest BCUT2D eigenvalue weighted by Gasteiger charge is 3.01. The van der Waals surface area contributed by atoms with Gasteiger partial charge in [-0.3, -0.25) is 0 Å². The number of aliphatic imine (C=N–C) groups is 1. The van der Waals surface area contributed by atoms with E-state index in [1.807, 2.05) is 0 Å². The van der Waals surface area contributed by atoms with Crippen LogP contribution in [0.25, 0.3) is 5.69 Å². The number of nitrogens with zero attached hydrogens (tertiary/aromatic N) is 5. The largest absolute Gasteiger partial charge is 0.573 e. The quantitative estimate of drug-likeness (QED) is 0.251. The number of rotatable bonds is 6. The van der Waals surface area contributed by atoms with Crippen LogP contribution in [0.1, 0.15) is 11.3 Å². The van der Waals surface area contributed by atoms with Crippen molar-refractivity contribution in [1.82, 2.24) is 14.7 Å². The van der Waals surface area contributed by atoms with Crippen LogP contribution in [0.2, 0.25) is 10.0 Å². The van der Waals surface area contributed by atoms with E-state index in [0.29, 0.717) is 16.8 Å². The van der Waals surface area contributed by atoms with Crippen LogP contribution in [-0.4, -0.2) is 59.7 Å². The standard InChI is InChI=1S/C18H10Cl2F9N5O/c1-33(2)6-31-13-11(15(14(21)22)16(23,24)17(15,25)26)10(5-30)32-34(13)12-8(19)3-7(4-9(12)20)35-18(27,28)29/h3-4,6,14H,1-2H3. The molecule has 17 heteroatoms. The first-order valence-corrected chi connectivity index (χ1v) is 9.72. The zero-order valence-electron chi connectivity index (χ0n) is 17.1. The van der Waals surface area contributed by atoms with Crippen LogP contribution in [-0.2, 0) is 5.41 Å². The van der Waals surface area contributed by atoms with E-state index in [1.165, 1.54) is 20.2 Å². The number of nitriles is 1. The third-order valence-corrected chi connectivity index (χ3v) is 5.43. The summed E-state index contributed by atoms with van der Waals surface area (Å²) >= 11 is 11.9. The Labute approximate surface area is 200 Å². The lowest BCUT2D eigenvalue weighted by atomic mass is 9.94. The summed E-state index contributed by atoms with van der Waals surface area (Å²) < 4.78 is 126. The SMILES string of the molecule is CN(C)C=Nc1c(C2(C(F)F)C(F)(F)C2(F)F)c(C#N)nn1-c1c(Cl)cc(OC(F)(F)F)cc1Cl. The molecular weight excluding hydrogens is 544 g/mol. The number of alkyl halides is 9. The topological polar surface area (TPSA) is 66.4 Å². The molecule has 0 N–H and O–H groups in total. The fourth-order valence-corrected chi connectivity index (χ4v) is 3.99. The van der Waals surface area contributed by atoms with E-state index in [9.17, 15) is 44.8 Å². The number of benzene rings is 1. The van der Waals surface area contributed by atoms with Crippen molar-refractivity contribution in [3.05, 3.63) is 33.4 Å². The molecule has 0 saturated heterocycles.